The summed E-state index contributed by atoms with van der Waals surface area (Å²) in [5.41, 5.74) is 16.5. The molecule has 0 fully saturated rings. The first-order valence-electron chi connectivity index (χ1n) is 44.6. The molecule has 0 unspecified atom stereocenters. The van der Waals surface area contributed by atoms with Crippen LogP contribution in [0.25, 0.3) is 17.5 Å². The Labute approximate surface area is 746 Å². The number of amides is 3. The molecule has 3 aliphatic rings. The Morgan fingerprint density at radius 3 is 1.15 bits per heavy atom. The molecule has 8 N–H and O–H groups in total. The van der Waals surface area contributed by atoms with Crippen molar-refractivity contribution >= 4 is 58.9 Å². The summed E-state index contributed by atoms with van der Waals surface area (Å²) in [6, 6.07) is 21.7. The predicted molar refractivity (Wildman–Crippen MR) is 485 cm³/mol. The molecule has 0 aromatic carbocycles. The van der Waals surface area contributed by atoms with E-state index in [4.69, 9.17) is 41.8 Å². The lowest BCUT2D eigenvalue weighted by Crippen LogP contribution is -2.41. The van der Waals surface area contributed by atoms with Crippen molar-refractivity contribution in [3.05, 3.63) is 185 Å². The molecule has 3 atom stereocenters. The zero-order valence-corrected chi connectivity index (χ0v) is 75.8. The van der Waals surface area contributed by atoms with E-state index in [0.717, 1.165) is 128 Å². The van der Waals surface area contributed by atoms with Crippen molar-refractivity contribution in [2.24, 2.45) is 5.73 Å². The van der Waals surface area contributed by atoms with E-state index in [0.29, 0.717) is 106 Å². The maximum Gasteiger partial charge on any atom is 0.329 e. The summed E-state index contributed by atoms with van der Waals surface area (Å²) < 4.78 is 16.0. The second-order valence-corrected chi connectivity index (χ2v) is 34.4. The van der Waals surface area contributed by atoms with Crippen LogP contribution in [-0.2, 0) is 96.0 Å². The Kier molecular flexibility index (Phi) is 40.8. The molecule has 34 heteroatoms. The van der Waals surface area contributed by atoms with Gasteiger partial charge in [-0.1, -0.05) is 29.8 Å². The van der Waals surface area contributed by atoms with Gasteiger partial charge < -0.3 is 61.6 Å². The molecule has 0 radical (unpaired) electrons. The van der Waals surface area contributed by atoms with Gasteiger partial charge in [-0.15, -0.1) is 0 Å². The van der Waals surface area contributed by atoms with Crippen molar-refractivity contribution in [3.63, 3.8) is 0 Å². The maximum atomic E-state index is 13.3. The van der Waals surface area contributed by atoms with E-state index in [1.165, 1.54) is 123 Å². The molecule has 9 aromatic heterocycles. The first-order valence-corrected chi connectivity index (χ1v) is 44.9. The zero-order chi connectivity index (χ0) is 90.1. The highest BCUT2D eigenvalue weighted by molar-refractivity contribution is 6.29. The molecule has 3 aliphatic carbocycles. The summed E-state index contributed by atoms with van der Waals surface area (Å²) in [4.78, 5) is 118. The van der Waals surface area contributed by atoms with Crippen LogP contribution in [0.5, 0.6) is 0 Å². The van der Waals surface area contributed by atoms with E-state index in [2.05, 4.69) is 123 Å². The number of aromatic nitrogens is 15. The Bertz CT molecular complexity index is 4790. The van der Waals surface area contributed by atoms with Crippen molar-refractivity contribution in [3.8, 4) is 17.5 Å². The number of unbranched alkanes of at least 4 members (excludes halogenated alkanes) is 3. The van der Waals surface area contributed by atoms with Crippen molar-refractivity contribution < 1.29 is 43.3 Å². The number of fused-ring (bicyclic) bond motifs is 3. The van der Waals surface area contributed by atoms with Gasteiger partial charge in [-0.2, -0.15) is 15.3 Å². The number of hydrogen-bond acceptors (Lipinski definition) is 26. The van der Waals surface area contributed by atoms with Gasteiger partial charge in [0.1, 0.15) is 65.1 Å². The van der Waals surface area contributed by atoms with E-state index >= 15 is 0 Å². The third-order valence-corrected chi connectivity index (χ3v) is 21.5. The van der Waals surface area contributed by atoms with E-state index < -0.39 is 35.3 Å². The quantitative estimate of drug-likeness (QED) is 0.0106. The Morgan fingerprint density at radius 1 is 0.444 bits per heavy atom. The highest BCUT2D eigenvalue weighted by Gasteiger charge is 2.29. The topological polar surface area (TPSA) is 406 Å². The van der Waals surface area contributed by atoms with E-state index in [1.54, 1.807) is 75.5 Å². The largest absolute Gasteiger partial charge is 0.480 e. The number of carbonyl (C=O) groups excluding carboxylic acids is 5. The number of nitrogens with two attached hydrogens (primary N) is 1. The molecule has 0 spiro atoms. The van der Waals surface area contributed by atoms with Gasteiger partial charge in [0.25, 0.3) is 0 Å². The number of aryl methyl sites for hydroxylation is 9. The number of anilines is 2. The van der Waals surface area contributed by atoms with Crippen LogP contribution >= 0.6 is 11.6 Å². The van der Waals surface area contributed by atoms with Gasteiger partial charge in [-0.05, 0) is 268 Å². The summed E-state index contributed by atoms with van der Waals surface area (Å²) in [5.74, 6) is 0.929. The average molecular weight is 1750 g/mol. The standard InChI is InChI=1S/C32H46N8O3.C28H38N8O3.C25H42N4O3.C7H5ClN4/c1-24(41)33-17-21-39(18-8-7-11-26-14-13-25-10-5-6-12-27(25)37-26)20-15-28(31(42)43-32(2,3)4)38-29-22-30(35-23-34-29)40-19-9-16-36-40;1-21(37)29-14-18-35(15-5-4-8-23-11-10-22-7-2-3-9-24(22)33-23)17-12-25(28(38)39)34-26-19-27(31-20-30-26)36-16-6-13-32-36;1-19(30)27-15-18-29(17-14-22(26)24(31)32-25(2,3)4)16-8-7-10-21-13-12-20-9-5-6-11-23(20)28-21;8-6-4-7(10-5-9-6)12-3-1-2-11-12/h9,13-14,16,19,22-23,28H,5-8,10-12,15,17-18,20-21H2,1-4H3,(H,33,41)(H,34,35,38);6,10-11,13,16,19-20,25H,2-5,7-9,12,14-15,17-18H2,1H3,(H,29,37)(H,38,39)(H,30,31,34);12-13,22H,5-11,14-18,26H2,1-4H3,(H,27,30);1-5H/t28-;25-;22-;/m000./s1. The lowest BCUT2D eigenvalue weighted by atomic mass is 9.95. The molecule has 680 valence electrons. The lowest BCUT2D eigenvalue weighted by molar-refractivity contribution is -0.157. The fraction of sp³-hybridized carbons (Fsp3) is 0.543. The molecule has 12 rings (SSSR count). The molecule has 0 saturated heterocycles. The molecular formula is C92H131ClN24O9. The van der Waals surface area contributed by atoms with Gasteiger partial charge >= 0.3 is 17.9 Å². The first-order chi connectivity index (χ1) is 60.6. The molecule has 9 aromatic rings. The minimum Gasteiger partial charge on any atom is -0.480 e. The Balaban J connectivity index is 0.000000201. The molecule has 33 nitrogen and oxygen atoms in total. The summed E-state index contributed by atoms with van der Waals surface area (Å²) in [5, 5.41) is 37.6. The summed E-state index contributed by atoms with van der Waals surface area (Å²) >= 11 is 5.67. The summed E-state index contributed by atoms with van der Waals surface area (Å²) in [6.45, 7) is 23.8. The average Bonchev–Trinajstić information content (AvgIpc) is 1.08. The Hall–Kier alpha value is -11.1. The van der Waals surface area contributed by atoms with Crippen LogP contribution in [0.3, 0.4) is 0 Å². The minimum absolute atomic E-state index is 0.0334. The number of nitrogens with one attached hydrogen (secondary N) is 5. The highest BCUT2D eigenvalue weighted by Crippen LogP contribution is 2.25. The minimum atomic E-state index is -0.949. The van der Waals surface area contributed by atoms with Crippen LogP contribution in [0, 0.1) is 0 Å². The molecule has 3 amide bonds. The SMILES string of the molecule is CC(=O)NCCN(CCCCc1ccc2c(n1)CCCC2)CC[C@H](N)C(=O)OC(C)(C)C.CC(=O)NCCN(CCCCc1ccc2c(n1)CCCC2)CC[C@H](Nc1cc(-n2cccn2)ncn1)C(=O)O.CC(=O)NCCN(CCCCc1ccc2c(n1)CCCC2)CC[C@H](Nc1cc(-n2cccn2)ncn1)C(=O)OC(C)(C)C.Clc1cc(-n2cccn2)ncn1. The van der Waals surface area contributed by atoms with Crippen LogP contribution in [0.15, 0.2) is 129 Å². The number of nitrogens with zero attached hydrogens (tertiary/aromatic N) is 18. The second-order valence-electron chi connectivity index (χ2n) is 34.0. The number of halogens is 1. The van der Waals surface area contributed by atoms with Gasteiger partial charge in [0.15, 0.2) is 17.5 Å². The molecule has 126 heavy (non-hydrogen) atoms. The van der Waals surface area contributed by atoms with Gasteiger partial charge in [-0.3, -0.25) is 34.1 Å². The lowest BCUT2D eigenvalue weighted by Gasteiger charge is -2.28. The van der Waals surface area contributed by atoms with E-state index in [-0.39, 0.29) is 29.7 Å². The van der Waals surface area contributed by atoms with Crippen LogP contribution in [0.4, 0.5) is 11.6 Å². The fourth-order valence-corrected chi connectivity index (χ4v) is 15.0. The zero-order valence-electron chi connectivity index (χ0n) is 75.0. The molecule has 0 bridgehead atoms. The third kappa shape index (κ3) is 36.8. The normalized spacial score (nSPS) is 13.6. The number of carbonyl (C=O) groups is 6. The number of rotatable bonds is 43. The number of carboxylic acids is 1. The van der Waals surface area contributed by atoms with Crippen LogP contribution in [-0.4, -0.2) is 237 Å². The van der Waals surface area contributed by atoms with Crippen molar-refractivity contribution in [2.45, 2.75) is 246 Å². The van der Waals surface area contributed by atoms with Crippen LogP contribution in [0.1, 0.15) is 209 Å². The van der Waals surface area contributed by atoms with Crippen molar-refractivity contribution in [1.82, 2.24) is 105 Å². The predicted octanol–water partition coefficient (Wildman–Crippen LogP) is 10.7. The number of pyridine rings is 3. The molecule has 0 aliphatic heterocycles. The number of hydrogen-bond donors (Lipinski definition) is 7. The van der Waals surface area contributed by atoms with Gasteiger partial charge in [0.2, 0.25) is 17.7 Å². The highest BCUT2D eigenvalue weighted by atomic mass is 35.5. The second kappa shape index (κ2) is 52.1. The van der Waals surface area contributed by atoms with Gasteiger partial charge in [-0.25, -0.2) is 53.5 Å². The summed E-state index contributed by atoms with van der Waals surface area (Å²) in [6.07, 6.45) is 39.1. The molecular weight excluding hydrogens is 1620 g/mol. The van der Waals surface area contributed by atoms with Crippen molar-refractivity contribution in [1.29, 1.82) is 0 Å². The number of esters is 2. The Morgan fingerprint density at radius 2 is 0.794 bits per heavy atom. The van der Waals surface area contributed by atoms with Gasteiger partial charge in [0, 0.05) is 169 Å². The smallest absolute Gasteiger partial charge is 0.329 e. The first kappa shape index (κ1) is 98.7. The monoisotopic (exact) mass is 1750 g/mol. The number of ether oxygens (including phenoxy) is 2. The van der Waals surface area contributed by atoms with Gasteiger partial charge in [0.05, 0.1) is 0 Å². The summed E-state index contributed by atoms with van der Waals surface area (Å²) in [7, 11) is 0. The van der Waals surface area contributed by atoms with Crippen LogP contribution < -0.4 is 32.3 Å². The fourth-order valence-electron chi connectivity index (χ4n) is 14.8. The molecule has 9 heterocycles. The van der Waals surface area contributed by atoms with E-state index in [9.17, 15) is 33.9 Å². The van der Waals surface area contributed by atoms with Crippen molar-refractivity contribution in [2.75, 3.05) is 89.2 Å². The van der Waals surface area contributed by atoms with Crippen LogP contribution in [0.2, 0.25) is 5.15 Å². The third-order valence-electron chi connectivity index (χ3n) is 21.3. The maximum absolute atomic E-state index is 13.3. The van der Waals surface area contributed by atoms with E-state index in [1.807, 2.05) is 53.7 Å². The number of carboxylic acid groups (broad SMARTS) is 1. The molecule has 0 saturated carbocycles. The number of aliphatic carboxylic acids is 1.